The molecule has 2 aromatic carbocycles. The molecule has 0 aliphatic carbocycles. The van der Waals surface area contributed by atoms with Crippen molar-refractivity contribution in [3.05, 3.63) is 47.5 Å². The van der Waals surface area contributed by atoms with E-state index >= 15 is 0 Å². The second-order valence-corrected chi connectivity index (χ2v) is 5.73. The molecule has 0 radical (unpaired) electrons. The predicted molar refractivity (Wildman–Crippen MR) is 108 cm³/mol. The molecule has 29 heavy (non-hydrogen) atoms. The molecule has 0 saturated carbocycles. The number of amides is 2. The molecule has 0 fully saturated rings. The first-order valence-electron chi connectivity index (χ1n) is 9.35. The van der Waals surface area contributed by atoms with Crippen LogP contribution in [0.15, 0.2) is 36.4 Å². The first-order valence-corrected chi connectivity index (χ1v) is 9.35. The van der Waals surface area contributed by atoms with Gasteiger partial charge in [0.2, 0.25) is 0 Å². The Kier molecular flexibility index (Phi) is 8.14. The van der Waals surface area contributed by atoms with Crippen LogP contribution in [-0.4, -0.2) is 38.7 Å². The molecule has 0 saturated heterocycles. The highest BCUT2D eigenvalue weighted by Gasteiger charge is 2.14. The number of hydrazine groups is 1. The molecule has 8 nitrogen and oxygen atoms in total. The molecule has 0 unspecified atom stereocenters. The standard InChI is InChI=1S/C21H26N2O6/c1-5-27-16-10-8-14(12-18(16)26-4)20(24)22-23-21(25)15-9-11-17(28-6-2)19(13-15)29-7-3/h8-13H,5-7H2,1-4H3,(H,22,24)(H,23,25). The van der Waals surface area contributed by atoms with Crippen LogP contribution >= 0.6 is 0 Å². The Labute approximate surface area is 170 Å². The predicted octanol–water partition coefficient (Wildman–Crippen LogP) is 2.97. The minimum Gasteiger partial charge on any atom is -0.493 e. The summed E-state index contributed by atoms with van der Waals surface area (Å²) < 4.78 is 21.7. The molecule has 2 aromatic rings. The van der Waals surface area contributed by atoms with E-state index in [1.807, 2.05) is 20.8 Å². The molecule has 0 heterocycles. The van der Waals surface area contributed by atoms with E-state index in [0.29, 0.717) is 53.9 Å². The maximum absolute atomic E-state index is 12.4. The topological polar surface area (TPSA) is 95.1 Å². The van der Waals surface area contributed by atoms with Gasteiger partial charge in [-0.1, -0.05) is 0 Å². The third kappa shape index (κ3) is 5.78. The van der Waals surface area contributed by atoms with E-state index in [0.717, 1.165) is 0 Å². The molecule has 0 aliphatic rings. The van der Waals surface area contributed by atoms with Crippen molar-refractivity contribution in [2.24, 2.45) is 0 Å². The lowest BCUT2D eigenvalue weighted by Crippen LogP contribution is -2.41. The summed E-state index contributed by atoms with van der Waals surface area (Å²) in [5.41, 5.74) is 5.41. The molecule has 0 aliphatic heterocycles. The normalized spacial score (nSPS) is 10.1. The summed E-state index contributed by atoms with van der Waals surface area (Å²) in [7, 11) is 1.49. The maximum atomic E-state index is 12.4. The van der Waals surface area contributed by atoms with Gasteiger partial charge in [0, 0.05) is 11.1 Å². The molecule has 0 atom stereocenters. The van der Waals surface area contributed by atoms with Crippen LogP contribution in [0.25, 0.3) is 0 Å². The van der Waals surface area contributed by atoms with Crippen LogP contribution in [0, 0.1) is 0 Å². The van der Waals surface area contributed by atoms with Gasteiger partial charge in [-0.2, -0.15) is 0 Å². The lowest BCUT2D eigenvalue weighted by molar-refractivity contribution is 0.0846. The Hall–Kier alpha value is -3.42. The Bertz CT molecular complexity index is 853. The van der Waals surface area contributed by atoms with Gasteiger partial charge < -0.3 is 18.9 Å². The summed E-state index contributed by atoms with van der Waals surface area (Å²) in [6.07, 6.45) is 0. The van der Waals surface area contributed by atoms with Gasteiger partial charge in [-0.15, -0.1) is 0 Å². The van der Waals surface area contributed by atoms with Gasteiger partial charge in [0.05, 0.1) is 26.9 Å². The molecular weight excluding hydrogens is 376 g/mol. The van der Waals surface area contributed by atoms with E-state index < -0.39 is 11.8 Å². The van der Waals surface area contributed by atoms with Crippen LogP contribution < -0.4 is 29.8 Å². The number of ether oxygens (including phenoxy) is 4. The zero-order chi connectivity index (χ0) is 21.2. The van der Waals surface area contributed by atoms with Crippen LogP contribution in [-0.2, 0) is 0 Å². The molecule has 0 bridgehead atoms. The fourth-order valence-corrected chi connectivity index (χ4v) is 2.53. The first-order chi connectivity index (χ1) is 14.0. The molecule has 2 N–H and O–H groups in total. The van der Waals surface area contributed by atoms with Crippen molar-refractivity contribution in [2.75, 3.05) is 26.9 Å². The second kappa shape index (κ2) is 10.8. The smallest absolute Gasteiger partial charge is 0.269 e. The van der Waals surface area contributed by atoms with Crippen LogP contribution in [0.2, 0.25) is 0 Å². The van der Waals surface area contributed by atoms with Crippen molar-refractivity contribution in [2.45, 2.75) is 20.8 Å². The summed E-state index contributed by atoms with van der Waals surface area (Å²) in [5, 5.41) is 0. The van der Waals surface area contributed by atoms with Crippen LogP contribution in [0.5, 0.6) is 23.0 Å². The highest BCUT2D eigenvalue weighted by atomic mass is 16.5. The number of rotatable bonds is 9. The molecule has 2 amide bonds. The third-order valence-corrected chi connectivity index (χ3v) is 3.82. The minimum atomic E-state index is -0.490. The number of hydrogen-bond acceptors (Lipinski definition) is 6. The second-order valence-electron chi connectivity index (χ2n) is 5.73. The number of carbonyl (C=O) groups is 2. The van der Waals surface area contributed by atoms with E-state index in [9.17, 15) is 9.59 Å². The quantitative estimate of drug-likeness (QED) is 0.626. The number of nitrogens with one attached hydrogen (secondary N) is 2. The molecular formula is C21H26N2O6. The Morgan fingerprint density at radius 3 is 1.55 bits per heavy atom. The van der Waals surface area contributed by atoms with Gasteiger partial charge in [-0.25, -0.2) is 0 Å². The average Bonchev–Trinajstić information content (AvgIpc) is 2.73. The largest absolute Gasteiger partial charge is 0.493 e. The van der Waals surface area contributed by atoms with Crippen molar-refractivity contribution in [1.29, 1.82) is 0 Å². The van der Waals surface area contributed by atoms with Gasteiger partial charge in [0.25, 0.3) is 11.8 Å². The summed E-state index contributed by atoms with van der Waals surface area (Å²) in [5.74, 6) is 1.00. The number of hydrogen-bond donors (Lipinski definition) is 2. The SMILES string of the molecule is CCOc1ccc(C(=O)NNC(=O)c2ccc(OCC)c(OCC)c2)cc1OC. The van der Waals surface area contributed by atoms with E-state index in [1.54, 1.807) is 30.3 Å². The van der Waals surface area contributed by atoms with E-state index in [2.05, 4.69) is 10.9 Å². The Balaban J connectivity index is 2.06. The summed E-state index contributed by atoms with van der Waals surface area (Å²) >= 11 is 0. The molecule has 156 valence electrons. The lowest BCUT2D eigenvalue weighted by atomic mass is 10.2. The molecule has 8 heteroatoms. The van der Waals surface area contributed by atoms with Crippen LogP contribution in [0.3, 0.4) is 0 Å². The molecule has 2 rings (SSSR count). The van der Waals surface area contributed by atoms with Crippen molar-refractivity contribution < 1.29 is 28.5 Å². The Morgan fingerprint density at radius 1 is 0.690 bits per heavy atom. The van der Waals surface area contributed by atoms with Gasteiger partial charge in [-0.3, -0.25) is 20.4 Å². The number of methoxy groups -OCH3 is 1. The van der Waals surface area contributed by atoms with Crippen LogP contribution in [0.1, 0.15) is 41.5 Å². The minimum absolute atomic E-state index is 0.312. The van der Waals surface area contributed by atoms with Gasteiger partial charge in [0.1, 0.15) is 0 Å². The fourth-order valence-electron chi connectivity index (χ4n) is 2.53. The number of carbonyl (C=O) groups excluding carboxylic acids is 2. The number of benzene rings is 2. The highest BCUT2D eigenvalue weighted by Crippen LogP contribution is 2.29. The van der Waals surface area contributed by atoms with Gasteiger partial charge in [0.15, 0.2) is 23.0 Å². The van der Waals surface area contributed by atoms with Gasteiger partial charge in [-0.05, 0) is 57.2 Å². The van der Waals surface area contributed by atoms with Crippen molar-refractivity contribution >= 4 is 11.8 Å². The average molecular weight is 402 g/mol. The monoisotopic (exact) mass is 402 g/mol. The summed E-state index contributed by atoms with van der Waals surface area (Å²) in [6.45, 7) is 6.95. The Morgan fingerprint density at radius 2 is 1.10 bits per heavy atom. The van der Waals surface area contributed by atoms with E-state index in [-0.39, 0.29) is 0 Å². The van der Waals surface area contributed by atoms with Crippen molar-refractivity contribution in [3.63, 3.8) is 0 Å². The highest BCUT2D eigenvalue weighted by molar-refractivity contribution is 5.99. The third-order valence-electron chi connectivity index (χ3n) is 3.82. The first kappa shape index (κ1) is 21.9. The summed E-state index contributed by atoms with van der Waals surface area (Å²) in [4.78, 5) is 24.8. The van der Waals surface area contributed by atoms with Crippen molar-refractivity contribution in [1.82, 2.24) is 10.9 Å². The zero-order valence-electron chi connectivity index (χ0n) is 17.0. The fraction of sp³-hybridized carbons (Fsp3) is 0.333. The maximum Gasteiger partial charge on any atom is 0.269 e. The van der Waals surface area contributed by atoms with Crippen LogP contribution in [0.4, 0.5) is 0 Å². The summed E-state index contributed by atoms with van der Waals surface area (Å²) in [6, 6.07) is 9.57. The van der Waals surface area contributed by atoms with Gasteiger partial charge >= 0.3 is 0 Å². The van der Waals surface area contributed by atoms with Crippen molar-refractivity contribution in [3.8, 4) is 23.0 Å². The van der Waals surface area contributed by atoms with E-state index in [1.165, 1.54) is 13.2 Å². The molecule has 0 spiro atoms. The molecule has 0 aromatic heterocycles. The van der Waals surface area contributed by atoms with E-state index in [4.69, 9.17) is 18.9 Å². The lowest BCUT2D eigenvalue weighted by Gasteiger charge is -2.13. The zero-order valence-corrected chi connectivity index (χ0v) is 17.0.